The summed E-state index contributed by atoms with van der Waals surface area (Å²) >= 11 is 0. The zero-order chi connectivity index (χ0) is 65.3. The average Bonchev–Trinajstić information content (AvgIpc) is 1.55. The SMILES string of the molecule is c1ccc2c(-c3nc(-n4c5ccccc5c5c6c7ccccc7n(-c7ccc8ccc(-c9cccc%10c(-c%11nc(-n%12c%13ccccc%13c%13c%14c%15ccccc%15n(-c%15cccc%16ccccc%15%16)c%14ccc%13%12)nc%12ccccc%11%12)cccc9%10)cc8c7)c6ccc54)nc4ccccc34)cccc2c1. The predicted molar refractivity (Wildman–Crippen MR) is 416 cm³/mol. The molecule has 0 amide bonds. The van der Waals surface area contributed by atoms with Gasteiger partial charge in [-0.1, -0.05) is 243 Å². The highest BCUT2D eigenvalue weighted by atomic mass is 15.2. The molecule has 16 aromatic carbocycles. The summed E-state index contributed by atoms with van der Waals surface area (Å²) in [6, 6.07) is 119. The molecule has 100 heavy (non-hydrogen) atoms. The molecule has 462 valence electrons. The molecule has 22 aromatic rings. The molecule has 8 heteroatoms. The van der Waals surface area contributed by atoms with Crippen molar-refractivity contribution in [3.05, 3.63) is 328 Å². The predicted octanol–water partition coefficient (Wildman–Crippen LogP) is 23.6. The number of para-hydroxylation sites is 6. The van der Waals surface area contributed by atoms with Crippen LogP contribution in [0.4, 0.5) is 0 Å². The van der Waals surface area contributed by atoms with Crippen LogP contribution in [0.1, 0.15) is 0 Å². The first-order chi connectivity index (χ1) is 49.6. The van der Waals surface area contributed by atoms with Crippen molar-refractivity contribution in [3.8, 4) is 56.9 Å². The monoisotopic (exact) mass is 1270 g/mol. The minimum atomic E-state index is 0.622. The summed E-state index contributed by atoms with van der Waals surface area (Å²) in [6.45, 7) is 0. The highest BCUT2D eigenvalue weighted by Crippen LogP contribution is 2.47. The first-order valence-electron chi connectivity index (χ1n) is 34.1. The van der Waals surface area contributed by atoms with Crippen LogP contribution in [0.3, 0.4) is 0 Å². The molecule has 0 bridgehead atoms. The van der Waals surface area contributed by atoms with Crippen molar-refractivity contribution >= 4 is 152 Å². The van der Waals surface area contributed by atoms with Crippen LogP contribution < -0.4 is 0 Å². The van der Waals surface area contributed by atoms with Crippen LogP contribution in [-0.4, -0.2) is 38.2 Å². The van der Waals surface area contributed by atoms with Gasteiger partial charge in [-0.25, -0.2) is 19.9 Å². The van der Waals surface area contributed by atoms with E-state index in [0.29, 0.717) is 11.9 Å². The van der Waals surface area contributed by atoms with Gasteiger partial charge in [-0.3, -0.25) is 9.13 Å². The Morgan fingerprint density at radius 3 is 1.15 bits per heavy atom. The average molecular weight is 1270 g/mol. The van der Waals surface area contributed by atoms with E-state index in [0.717, 1.165) is 143 Å². The highest BCUT2D eigenvalue weighted by Gasteiger charge is 2.26. The molecule has 0 spiro atoms. The maximum absolute atomic E-state index is 5.73. The summed E-state index contributed by atoms with van der Waals surface area (Å²) in [5.41, 5.74) is 19.0. The standard InChI is InChI=1S/C92H54N8/c1-3-25-61-56(21-1)23-17-36-66(61)89-68-27-5-11-38-74(68)93-91(95-89)99-79-42-15-9-31-72(79)87-83(99)51-49-81-85(87)70-29-7-13-40-77(70)97(81)60-48-47-55-45-46-58(53-59(55)54-60)62-33-19-35-65-64(62)34-20-37-67(65)90-69-28-6-12-39-75(69)94-92(96-90)100-80-43-16-10-32-73(80)88-84(100)52-50-82-86(88)71-30-8-14-41-78(71)98(82)76-44-18-24-57-22-2-4-26-63(57)76/h1-54H. The molecule has 0 saturated heterocycles. The van der Waals surface area contributed by atoms with Crippen molar-refractivity contribution < 1.29 is 0 Å². The molecule has 0 aliphatic heterocycles. The molecular weight excluding hydrogens is 1220 g/mol. The lowest BCUT2D eigenvalue weighted by Gasteiger charge is -2.15. The quantitative estimate of drug-likeness (QED) is 0.159. The smallest absolute Gasteiger partial charge is 0.235 e. The van der Waals surface area contributed by atoms with Gasteiger partial charge < -0.3 is 9.13 Å². The Morgan fingerprint density at radius 2 is 0.580 bits per heavy atom. The van der Waals surface area contributed by atoms with Crippen molar-refractivity contribution in [1.82, 2.24) is 38.2 Å². The van der Waals surface area contributed by atoms with Gasteiger partial charge >= 0.3 is 0 Å². The molecule has 0 atom stereocenters. The third kappa shape index (κ3) is 7.81. The van der Waals surface area contributed by atoms with E-state index in [1.807, 2.05) is 0 Å². The van der Waals surface area contributed by atoms with Gasteiger partial charge in [0.1, 0.15) is 0 Å². The van der Waals surface area contributed by atoms with Crippen LogP contribution in [0.2, 0.25) is 0 Å². The van der Waals surface area contributed by atoms with Crippen molar-refractivity contribution in [2.24, 2.45) is 0 Å². The Bertz CT molecular complexity index is 7300. The first-order valence-corrected chi connectivity index (χ1v) is 34.1. The molecule has 6 heterocycles. The van der Waals surface area contributed by atoms with Gasteiger partial charge in [0.05, 0.1) is 72.2 Å². The largest absolute Gasteiger partial charge is 0.309 e. The summed E-state index contributed by atoms with van der Waals surface area (Å²) in [5.74, 6) is 1.26. The molecule has 0 fully saturated rings. The van der Waals surface area contributed by atoms with Gasteiger partial charge in [-0.2, -0.15) is 0 Å². The van der Waals surface area contributed by atoms with Crippen molar-refractivity contribution in [1.29, 1.82) is 0 Å². The minimum Gasteiger partial charge on any atom is -0.309 e. The summed E-state index contributed by atoms with van der Waals surface area (Å²) in [4.78, 5) is 22.1. The lowest BCUT2D eigenvalue weighted by molar-refractivity contribution is 1.01. The van der Waals surface area contributed by atoms with E-state index >= 15 is 0 Å². The minimum absolute atomic E-state index is 0.622. The van der Waals surface area contributed by atoms with Crippen LogP contribution >= 0.6 is 0 Å². The topological polar surface area (TPSA) is 71.3 Å². The Morgan fingerprint density at radius 1 is 0.200 bits per heavy atom. The second-order valence-corrected chi connectivity index (χ2v) is 26.4. The van der Waals surface area contributed by atoms with Crippen LogP contribution in [0.15, 0.2) is 328 Å². The Balaban J connectivity index is 0.684. The Hall–Kier alpha value is -13.6. The summed E-state index contributed by atoms with van der Waals surface area (Å²) < 4.78 is 9.45. The van der Waals surface area contributed by atoms with E-state index in [4.69, 9.17) is 19.9 Å². The summed E-state index contributed by atoms with van der Waals surface area (Å²) in [7, 11) is 0. The molecule has 0 unspecified atom stereocenters. The van der Waals surface area contributed by atoms with Crippen LogP contribution in [0.5, 0.6) is 0 Å². The number of nitrogens with zero attached hydrogens (tertiary/aromatic N) is 8. The highest BCUT2D eigenvalue weighted by molar-refractivity contribution is 6.31. The lowest BCUT2D eigenvalue weighted by Crippen LogP contribution is -2.03. The molecular formula is C92H54N8. The fourth-order valence-corrected chi connectivity index (χ4v) is 16.9. The molecule has 8 nitrogen and oxygen atoms in total. The van der Waals surface area contributed by atoms with E-state index in [2.05, 4.69) is 346 Å². The second-order valence-electron chi connectivity index (χ2n) is 26.4. The van der Waals surface area contributed by atoms with Gasteiger partial charge in [0.15, 0.2) is 0 Å². The van der Waals surface area contributed by atoms with Gasteiger partial charge in [0.2, 0.25) is 11.9 Å². The number of rotatable bonds is 7. The maximum Gasteiger partial charge on any atom is 0.235 e. The van der Waals surface area contributed by atoms with E-state index < -0.39 is 0 Å². The zero-order valence-electron chi connectivity index (χ0n) is 53.8. The van der Waals surface area contributed by atoms with Crippen LogP contribution in [0.25, 0.3) is 209 Å². The summed E-state index contributed by atoms with van der Waals surface area (Å²) in [6.07, 6.45) is 0. The van der Waals surface area contributed by atoms with E-state index in [9.17, 15) is 0 Å². The van der Waals surface area contributed by atoms with E-state index in [-0.39, 0.29) is 0 Å². The van der Waals surface area contributed by atoms with E-state index in [1.165, 1.54) is 53.9 Å². The molecule has 0 N–H and O–H groups in total. The normalized spacial score (nSPS) is 12.2. The van der Waals surface area contributed by atoms with E-state index in [1.54, 1.807) is 0 Å². The van der Waals surface area contributed by atoms with Crippen molar-refractivity contribution in [3.63, 3.8) is 0 Å². The number of fused-ring (bicyclic) bond motifs is 20. The van der Waals surface area contributed by atoms with Gasteiger partial charge in [-0.15, -0.1) is 0 Å². The maximum atomic E-state index is 5.73. The zero-order valence-corrected chi connectivity index (χ0v) is 53.8. The third-order valence-corrected chi connectivity index (χ3v) is 21.1. The van der Waals surface area contributed by atoms with Gasteiger partial charge in [-0.05, 0) is 134 Å². The van der Waals surface area contributed by atoms with Gasteiger partial charge in [0.25, 0.3) is 0 Å². The lowest BCUT2D eigenvalue weighted by atomic mass is 9.92. The first kappa shape index (κ1) is 54.7. The Kier molecular flexibility index (Phi) is 11.5. The molecule has 0 aliphatic rings. The van der Waals surface area contributed by atoms with Crippen molar-refractivity contribution in [2.75, 3.05) is 0 Å². The molecule has 22 rings (SSSR count). The molecule has 0 aliphatic carbocycles. The molecule has 6 aromatic heterocycles. The van der Waals surface area contributed by atoms with Gasteiger partial charge in [0, 0.05) is 76.1 Å². The number of aromatic nitrogens is 8. The summed E-state index contributed by atoms with van der Waals surface area (Å²) in [5, 5.41) is 20.7. The van der Waals surface area contributed by atoms with Crippen molar-refractivity contribution in [2.45, 2.75) is 0 Å². The fraction of sp³-hybridized carbons (Fsp3) is 0. The Labute approximate surface area is 571 Å². The number of hydrogen-bond acceptors (Lipinski definition) is 4. The molecule has 0 radical (unpaired) electrons. The van der Waals surface area contributed by atoms with Crippen LogP contribution in [-0.2, 0) is 0 Å². The van der Waals surface area contributed by atoms with Crippen LogP contribution in [0, 0.1) is 0 Å². The fourth-order valence-electron chi connectivity index (χ4n) is 16.9. The second kappa shape index (κ2) is 21.0. The number of hydrogen-bond donors (Lipinski definition) is 0. The number of benzene rings is 16. The molecule has 0 saturated carbocycles. The third-order valence-electron chi connectivity index (χ3n) is 21.1.